The first-order valence-corrected chi connectivity index (χ1v) is 7.50. The van der Waals surface area contributed by atoms with Crippen LogP contribution in [0.4, 0.5) is 5.69 Å². The van der Waals surface area contributed by atoms with Crippen molar-refractivity contribution in [1.82, 2.24) is 0 Å². The van der Waals surface area contributed by atoms with Crippen LogP contribution in [0.3, 0.4) is 0 Å². The fourth-order valence-corrected chi connectivity index (χ4v) is 2.56. The predicted molar refractivity (Wildman–Crippen MR) is 91.8 cm³/mol. The third-order valence-corrected chi connectivity index (χ3v) is 3.82. The summed E-state index contributed by atoms with van der Waals surface area (Å²) >= 11 is 0. The van der Waals surface area contributed by atoms with E-state index in [4.69, 9.17) is 9.15 Å². The summed E-state index contributed by atoms with van der Waals surface area (Å²) in [6, 6.07) is 9.72. The summed E-state index contributed by atoms with van der Waals surface area (Å²) in [6.45, 7) is 0. The van der Waals surface area contributed by atoms with Crippen LogP contribution < -0.4 is 10.4 Å². The van der Waals surface area contributed by atoms with Gasteiger partial charge in [0.2, 0.25) is 0 Å². The number of Topliss-reactive ketones (excluding diaryl/α,β-unsaturated/α-hetero) is 1. The van der Waals surface area contributed by atoms with Crippen molar-refractivity contribution in [2.24, 2.45) is 0 Å². The Morgan fingerprint density at radius 2 is 2.00 bits per heavy atom. The molecule has 1 N–H and O–H groups in total. The summed E-state index contributed by atoms with van der Waals surface area (Å²) in [4.78, 5) is 35.0. The minimum Gasteiger partial charge on any atom is -0.508 e. The summed E-state index contributed by atoms with van der Waals surface area (Å²) < 4.78 is 9.98. The van der Waals surface area contributed by atoms with Crippen LogP contribution in [0.2, 0.25) is 0 Å². The first kappa shape index (κ1) is 17.2. The van der Waals surface area contributed by atoms with Crippen LogP contribution in [0.5, 0.6) is 11.5 Å². The van der Waals surface area contributed by atoms with E-state index in [1.807, 2.05) is 0 Å². The molecule has 0 aliphatic carbocycles. The molecule has 0 unspecified atom stereocenters. The Morgan fingerprint density at radius 3 is 2.69 bits per heavy atom. The minimum absolute atomic E-state index is 0.0646. The van der Waals surface area contributed by atoms with Gasteiger partial charge in [-0.15, -0.1) is 0 Å². The highest BCUT2D eigenvalue weighted by atomic mass is 16.6. The molecule has 0 bridgehead atoms. The van der Waals surface area contributed by atoms with Crippen molar-refractivity contribution >= 4 is 22.4 Å². The molecule has 3 rings (SSSR count). The van der Waals surface area contributed by atoms with Crippen LogP contribution in [0.1, 0.15) is 15.9 Å². The number of benzene rings is 2. The molecule has 0 saturated heterocycles. The molecule has 0 aliphatic rings. The van der Waals surface area contributed by atoms with E-state index in [1.54, 1.807) is 0 Å². The summed E-state index contributed by atoms with van der Waals surface area (Å²) in [5, 5.41) is 21.0. The number of rotatable bonds is 5. The molecule has 2 aromatic carbocycles. The molecule has 0 atom stereocenters. The second kappa shape index (κ2) is 6.67. The van der Waals surface area contributed by atoms with Gasteiger partial charge in [0, 0.05) is 23.9 Å². The smallest absolute Gasteiger partial charge is 0.347 e. The third-order valence-electron chi connectivity index (χ3n) is 3.82. The van der Waals surface area contributed by atoms with Gasteiger partial charge >= 0.3 is 11.3 Å². The average molecular weight is 355 g/mol. The maximum absolute atomic E-state index is 12.5. The second-order valence-corrected chi connectivity index (χ2v) is 5.53. The number of nitro benzene ring substituents is 1. The number of carbonyl (C=O) groups is 1. The van der Waals surface area contributed by atoms with E-state index in [0.29, 0.717) is 10.9 Å². The maximum atomic E-state index is 12.5. The van der Waals surface area contributed by atoms with Gasteiger partial charge in [-0.05, 0) is 29.8 Å². The van der Waals surface area contributed by atoms with Crippen molar-refractivity contribution in [3.05, 3.63) is 74.1 Å². The zero-order valence-corrected chi connectivity index (χ0v) is 13.6. The molecule has 1 aromatic heterocycles. The molecule has 8 nitrogen and oxygen atoms in total. The molecule has 0 fully saturated rings. The number of hydrogen-bond donors (Lipinski definition) is 1. The van der Waals surface area contributed by atoms with E-state index in [2.05, 4.69) is 0 Å². The molecule has 0 saturated carbocycles. The third kappa shape index (κ3) is 3.25. The Bertz CT molecular complexity index is 1080. The van der Waals surface area contributed by atoms with E-state index < -0.39 is 16.3 Å². The van der Waals surface area contributed by atoms with Crippen LogP contribution in [0, 0.1) is 10.1 Å². The quantitative estimate of drug-likeness (QED) is 0.323. The lowest BCUT2D eigenvalue weighted by atomic mass is 10.0. The fourth-order valence-electron chi connectivity index (χ4n) is 2.56. The molecular formula is C18H13NO7. The zero-order chi connectivity index (χ0) is 18.8. The molecule has 8 heteroatoms. The number of nitro groups is 1. The lowest BCUT2D eigenvalue weighted by Crippen LogP contribution is -2.15. The average Bonchev–Trinajstić information content (AvgIpc) is 2.60. The van der Waals surface area contributed by atoms with Crippen LogP contribution in [0.15, 0.2) is 51.7 Å². The number of methoxy groups -OCH3 is 1. The number of phenols is 1. The summed E-state index contributed by atoms with van der Waals surface area (Å²) in [5.41, 5.74) is -0.740. The molecule has 0 amide bonds. The van der Waals surface area contributed by atoms with Crippen LogP contribution >= 0.6 is 0 Å². The maximum Gasteiger partial charge on any atom is 0.347 e. The van der Waals surface area contributed by atoms with Crippen molar-refractivity contribution < 1.29 is 24.0 Å². The van der Waals surface area contributed by atoms with E-state index in [0.717, 1.165) is 0 Å². The number of ketones is 1. The van der Waals surface area contributed by atoms with Gasteiger partial charge in [0.15, 0.2) is 11.5 Å². The molecule has 26 heavy (non-hydrogen) atoms. The number of aromatic hydroxyl groups is 1. The van der Waals surface area contributed by atoms with Crippen molar-refractivity contribution in [2.45, 2.75) is 6.42 Å². The Labute approximate surface area is 146 Å². The monoisotopic (exact) mass is 355 g/mol. The van der Waals surface area contributed by atoms with Gasteiger partial charge in [0.25, 0.3) is 0 Å². The van der Waals surface area contributed by atoms with Crippen molar-refractivity contribution in [3.8, 4) is 11.5 Å². The predicted octanol–water partition coefficient (Wildman–Crippen LogP) is 2.84. The Hall–Kier alpha value is -3.68. The molecule has 132 valence electrons. The molecule has 3 aromatic rings. The first-order valence-electron chi connectivity index (χ1n) is 7.50. The summed E-state index contributed by atoms with van der Waals surface area (Å²) in [6.07, 6.45) is -0.209. The minimum atomic E-state index is -0.837. The number of carbonyl (C=O) groups excluding carboxylic acids is 1. The summed E-state index contributed by atoms with van der Waals surface area (Å²) in [7, 11) is 1.31. The topological polar surface area (TPSA) is 120 Å². The van der Waals surface area contributed by atoms with Gasteiger partial charge in [-0.2, -0.15) is 0 Å². The lowest BCUT2D eigenvalue weighted by Gasteiger charge is -2.05. The van der Waals surface area contributed by atoms with Gasteiger partial charge in [-0.1, -0.05) is 6.07 Å². The molecule has 0 radical (unpaired) electrons. The molecule has 1 heterocycles. The van der Waals surface area contributed by atoms with Crippen LogP contribution in [-0.2, 0) is 6.42 Å². The van der Waals surface area contributed by atoms with E-state index in [9.17, 15) is 24.8 Å². The Kier molecular flexibility index (Phi) is 4.40. The zero-order valence-electron chi connectivity index (χ0n) is 13.6. The largest absolute Gasteiger partial charge is 0.508 e. The number of nitrogens with zero attached hydrogens (tertiary/aromatic N) is 1. The number of ether oxygens (including phenoxy) is 1. The Morgan fingerprint density at radius 1 is 1.23 bits per heavy atom. The second-order valence-electron chi connectivity index (χ2n) is 5.53. The van der Waals surface area contributed by atoms with Crippen molar-refractivity contribution in [1.29, 1.82) is 0 Å². The van der Waals surface area contributed by atoms with Crippen LogP contribution in [-0.4, -0.2) is 22.9 Å². The highest BCUT2D eigenvalue weighted by Crippen LogP contribution is 2.28. The van der Waals surface area contributed by atoms with Gasteiger partial charge in [-0.25, -0.2) is 4.79 Å². The lowest BCUT2D eigenvalue weighted by molar-refractivity contribution is -0.385. The highest BCUT2D eigenvalue weighted by Gasteiger charge is 2.19. The SMILES string of the molecule is COc1ccc(CC(=O)c2cc3ccc(O)cc3oc2=O)cc1[N+](=O)[O-]. The fraction of sp³-hybridized carbons (Fsp3) is 0.111. The van der Waals surface area contributed by atoms with E-state index in [-0.39, 0.29) is 34.8 Å². The van der Waals surface area contributed by atoms with Crippen LogP contribution in [0.25, 0.3) is 11.0 Å². The highest BCUT2D eigenvalue weighted by molar-refractivity contribution is 5.99. The van der Waals surface area contributed by atoms with Gasteiger partial charge in [-0.3, -0.25) is 14.9 Å². The molecular weight excluding hydrogens is 342 g/mol. The van der Waals surface area contributed by atoms with Crippen molar-refractivity contribution in [3.63, 3.8) is 0 Å². The Balaban J connectivity index is 1.95. The molecule has 0 spiro atoms. The van der Waals surface area contributed by atoms with E-state index in [1.165, 1.54) is 49.6 Å². The summed E-state index contributed by atoms with van der Waals surface area (Å²) in [5.74, 6) is -0.519. The standard InChI is InChI=1S/C18H13NO7/c1-25-16-5-2-10(6-14(16)19(23)24)7-15(21)13-8-11-3-4-12(20)9-17(11)26-18(13)22/h2-6,8-9,20H,7H2,1H3. The van der Waals surface area contributed by atoms with E-state index >= 15 is 0 Å². The molecule has 0 aliphatic heterocycles. The first-order chi connectivity index (χ1) is 12.4. The van der Waals surface area contributed by atoms with Gasteiger partial charge in [0.05, 0.1) is 12.0 Å². The number of phenolic OH excluding ortho intramolecular Hbond substituents is 1. The van der Waals surface area contributed by atoms with Gasteiger partial charge < -0.3 is 14.3 Å². The number of fused-ring (bicyclic) bond motifs is 1. The van der Waals surface area contributed by atoms with Crippen molar-refractivity contribution in [2.75, 3.05) is 7.11 Å². The normalized spacial score (nSPS) is 10.7. The number of hydrogen-bond acceptors (Lipinski definition) is 7. The van der Waals surface area contributed by atoms with Gasteiger partial charge in [0.1, 0.15) is 16.9 Å².